The monoisotopic (exact) mass is 447 g/mol. The number of benzene rings is 2. The van der Waals surface area contributed by atoms with Gasteiger partial charge in [0.25, 0.3) is 5.91 Å². The minimum Gasteiger partial charge on any atom is -0.497 e. The average molecular weight is 447 g/mol. The summed E-state index contributed by atoms with van der Waals surface area (Å²) in [4.78, 5) is 39.1. The van der Waals surface area contributed by atoms with E-state index in [0.29, 0.717) is 30.6 Å². The van der Waals surface area contributed by atoms with Crippen LogP contribution in [0.3, 0.4) is 0 Å². The highest BCUT2D eigenvalue weighted by Crippen LogP contribution is 2.41. The number of urea groups is 1. The van der Waals surface area contributed by atoms with Gasteiger partial charge in [0.2, 0.25) is 5.91 Å². The molecule has 1 aliphatic carbocycles. The number of anilines is 1. The molecule has 1 saturated heterocycles. The molecule has 1 aliphatic heterocycles. The number of methoxy groups -OCH3 is 1. The minimum absolute atomic E-state index is 0.0818. The number of carbonyl (C=O) groups excluding carboxylic acids is 3. The molecule has 1 spiro atoms. The number of ether oxygens (including phenoxy) is 1. The zero-order valence-corrected chi connectivity index (χ0v) is 17.1. The van der Waals surface area contributed by atoms with E-state index in [-0.39, 0.29) is 5.69 Å². The molecule has 32 heavy (non-hydrogen) atoms. The number of halogens is 3. The summed E-state index contributed by atoms with van der Waals surface area (Å²) in [6.45, 7) is -0.617. The lowest BCUT2D eigenvalue weighted by Crippen LogP contribution is -2.47. The van der Waals surface area contributed by atoms with Crippen LogP contribution in [-0.4, -0.2) is 36.4 Å². The Morgan fingerprint density at radius 2 is 2.00 bits per heavy atom. The Labute approximate surface area is 181 Å². The van der Waals surface area contributed by atoms with Gasteiger partial charge in [-0.25, -0.2) is 4.79 Å². The Balaban J connectivity index is 1.53. The highest BCUT2D eigenvalue weighted by atomic mass is 19.4. The molecule has 0 radical (unpaired) electrons. The third kappa shape index (κ3) is 3.76. The number of aryl methyl sites for hydroxylation is 1. The van der Waals surface area contributed by atoms with Gasteiger partial charge >= 0.3 is 12.2 Å². The number of nitrogens with zero attached hydrogens (tertiary/aromatic N) is 1. The van der Waals surface area contributed by atoms with E-state index in [0.717, 1.165) is 28.7 Å². The fraction of sp³-hybridized carbons (Fsp3) is 0.318. The highest BCUT2D eigenvalue weighted by Gasteiger charge is 2.54. The molecule has 4 amide bonds. The Kier molecular flexibility index (Phi) is 5.31. The summed E-state index contributed by atoms with van der Waals surface area (Å²) < 4.78 is 43.9. The van der Waals surface area contributed by atoms with Crippen LogP contribution in [0.2, 0.25) is 0 Å². The lowest BCUT2D eigenvalue weighted by molar-refractivity contribution is -0.137. The number of alkyl halides is 3. The molecule has 4 rings (SSSR count). The van der Waals surface area contributed by atoms with Gasteiger partial charge in [-0.3, -0.25) is 14.5 Å². The molecule has 2 aliphatic rings. The van der Waals surface area contributed by atoms with Crippen molar-refractivity contribution in [1.29, 1.82) is 0 Å². The fourth-order valence-electron chi connectivity index (χ4n) is 4.24. The minimum atomic E-state index is -4.56. The summed E-state index contributed by atoms with van der Waals surface area (Å²) in [6.07, 6.45) is -2.82. The molecule has 168 valence electrons. The molecule has 2 aromatic rings. The van der Waals surface area contributed by atoms with E-state index >= 15 is 0 Å². The SMILES string of the molecule is COc1ccc2c(c1)CCCC21NC(=O)N(CC(=O)Nc2cccc(C(F)(F)F)c2)C1=O. The molecule has 2 N–H and O–H groups in total. The summed E-state index contributed by atoms with van der Waals surface area (Å²) in [7, 11) is 1.54. The maximum absolute atomic E-state index is 13.3. The van der Waals surface area contributed by atoms with Crippen LogP contribution in [0.15, 0.2) is 42.5 Å². The summed E-state index contributed by atoms with van der Waals surface area (Å²) >= 11 is 0. The molecule has 1 atom stereocenters. The predicted octanol–water partition coefficient (Wildman–Crippen LogP) is 3.44. The maximum Gasteiger partial charge on any atom is 0.416 e. The summed E-state index contributed by atoms with van der Waals surface area (Å²) in [5, 5.41) is 5.05. The van der Waals surface area contributed by atoms with Gasteiger partial charge in [0.05, 0.1) is 12.7 Å². The summed E-state index contributed by atoms with van der Waals surface area (Å²) in [6, 6.07) is 8.66. The molecule has 1 unspecified atom stereocenters. The molecular formula is C22H20F3N3O4. The van der Waals surface area contributed by atoms with Gasteiger partial charge in [0.15, 0.2) is 0 Å². The second-order valence-corrected chi connectivity index (χ2v) is 7.73. The molecule has 0 saturated carbocycles. The third-order valence-corrected chi connectivity index (χ3v) is 5.72. The van der Waals surface area contributed by atoms with E-state index in [4.69, 9.17) is 4.74 Å². The number of amides is 4. The van der Waals surface area contributed by atoms with Gasteiger partial charge < -0.3 is 15.4 Å². The van der Waals surface area contributed by atoms with Crippen molar-refractivity contribution in [1.82, 2.24) is 10.2 Å². The first-order valence-corrected chi connectivity index (χ1v) is 9.93. The molecule has 0 bridgehead atoms. The number of hydrogen-bond donors (Lipinski definition) is 2. The van der Waals surface area contributed by atoms with E-state index in [1.807, 2.05) is 6.07 Å². The van der Waals surface area contributed by atoms with Crippen molar-refractivity contribution in [3.63, 3.8) is 0 Å². The van der Waals surface area contributed by atoms with Crippen LogP contribution in [0.4, 0.5) is 23.7 Å². The van der Waals surface area contributed by atoms with Crippen molar-refractivity contribution in [2.75, 3.05) is 19.0 Å². The predicted molar refractivity (Wildman–Crippen MR) is 108 cm³/mol. The molecule has 7 nitrogen and oxygen atoms in total. The largest absolute Gasteiger partial charge is 0.497 e. The Morgan fingerprint density at radius 3 is 2.72 bits per heavy atom. The van der Waals surface area contributed by atoms with Crippen molar-refractivity contribution in [2.24, 2.45) is 0 Å². The van der Waals surface area contributed by atoms with Crippen LogP contribution in [-0.2, 0) is 27.7 Å². The Bertz CT molecular complexity index is 1100. The molecule has 1 heterocycles. The number of nitrogens with one attached hydrogen (secondary N) is 2. The number of rotatable bonds is 4. The van der Waals surface area contributed by atoms with E-state index in [2.05, 4.69) is 10.6 Å². The molecule has 0 aromatic heterocycles. The zero-order valence-electron chi connectivity index (χ0n) is 17.1. The first-order chi connectivity index (χ1) is 15.1. The molecule has 10 heteroatoms. The second-order valence-electron chi connectivity index (χ2n) is 7.73. The molecule has 2 aromatic carbocycles. The highest BCUT2D eigenvalue weighted by molar-refractivity contribution is 6.10. The zero-order chi connectivity index (χ0) is 23.1. The molecular weight excluding hydrogens is 427 g/mol. The summed E-state index contributed by atoms with van der Waals surface area (Å²) in [5.74, 6) is -0.710. The fourth-order valence-corrected chi connectivity index (χ4v) is 4.24. The number of fused-ring (bicyclic) bond motifs is 2. The lowest BCUT2D eigenvalue weighted by Gasteiger charge is -2.33. The van der Waals surface area contributed by atoms with Crippen LogP contribution >= 0.6 is 0 Å². The Hall–Kier alpha value is -3.56. The van der Waals surface area contributed by atoms with Crippen molar-refractivity contribution in [3.05, 3.63) is 59.2 Å². The average Bonchev–Trinajstić information content (AvgIpc) is 2.97. The van der Waals surface area contributed by atoms with Crippen LogP contribution in [0.5, 0.6) is 5.75 Å². The normalized spacial score (nSPS) is 20.2. The second kappa shape index (κ2) is 7.85. The first-order valence-electron chi connectivity index (χ1n) is 9.93. The van der Waals surface area contributed by atoms with Crippen LogP contribution in [0.1, 0.15) is 29.5 Å². The van der Waals surface area contributed by atoms with Gasteiger partial charge in [-0.15, -0.1) is 0 Å². The van der Waals surface area contributed by atoms with Gasteiger partial charge in [-0.1, -0.05) is 12.1 Å². The molecule has 1 fully saturated rings. The quantitative estimate of drug-likeness (QED) is 0.703. The number of imide groups is 1. The van der Waals surface area contributed by atoms with Gasteiger partial charge in [-0.2, -0.15) is 13.2 Å². The Morgan fingerprint density at radius 1 is 1.22 bits per heavy atom. The van der Waals surface area contributed by atoms with E-state index < -0.39 is 41.7 Å². The third-order valence-electron chi connectivity index (χ3n) is 5.72. The van der Waals surface area contributed by atoms with Crippen LogP contribution in [0, 0.1) is 0 Å². The van der Waals surface area contributed by atoms with E-state index in [1.54, 1.807) is 12.1 Å². The van der Waals surface area contributed by atoms with Crippen molar-refractivity contribution in [2.45, 2.75) is 31.0 Å². The maximum atomic E-state index is 13.3. The van der Waals surface area contributed by atoms with Crippen molar-refractivity contribution < 1.29 is 32.3 Å². The van der Waals surface area contributed by atoms with Gasteiger partial charge in [-0.05, 0) is 60.7 Å². The first kappa shape index (κ1) is 21.7. The van der Waals surface area contributed by atoms with Crippen LogP contribution < -0.4 is 15.4 Å². The van der Waals surface area contributed by atoms with Crippen molar-refractivity contribution >= 4 is 23.5 Å². The van der Waals surface area contributed by atoms with Crippen LogP contribution in [0.25, 0.3) is 0 Å². The van der Waals surface area contributed by atoms with Gasteiger partial charge in [0.1, 0.15) is 17.8 Å². The smallest absolute Gasteiger partial charge is 0.416 e. The van der Waals surface area contributed by atoms with Crippen molar-refractivity contribution in [3.8, 4) is 5.75 Å². The standard InChI is InChI=1S/C22H20F3N3O4/c1-32-16-7-8-17-13(10-16)4-3-9-21(17)19(30)28(20(31)27-21)12-18(29)26-15-6-2-5-14(11-15)22(23,24)25/h2,5-8,10-11H,3-4,9,12H2,1H3,(H,26,29)(H,27,31). The lowest BCUT2D eigenvalue weighted by atomic mass is 9.76. The summed E-state index contributed by atoms with van der Waals surface area (Å²) in [5.41, 5.74) is -0.740. The van der Waals surface area contributed by atoms with E-state index in [9.17, 15) is 27.6 Å². The van der Waals surface area contributed by atoms with E-state index in [1.165, 1.54) is 13.2 Å². The number of carbonyl (C=O) groups is 3. The van der Waals surface area contributed by atoms with Gasteiger partial charge in [0, 0.05) is 5.69 Å². The number of hydrogen-bond acceptors (Lipinski definition) is 4. The topological polar surface area (TPSA) is 87.7 Å².